The van der Waals surface area contributed by atoms with Crippen molar-refractivity contribution < 1.29 is 18.0 Å². The number of hydrogen-bond acceptors (Lipinski definition) is 3. The quantitative estimate of drug-likeness (QED) is 0.863. The summed E-state index contributed by atoms with van der Waals surface area (Å²) in [4.78, 5) is 29.7. The molecule has 1 amide bonds. The molecule has 0 aliphatic heterocycles. The van der Waals surface area contributed by atoms with E-state index >= 15 is 0 Å². The lowest BCUT2D eigenvalue weighted by Gasteiger charge is -2.26. The van der Waals surface area contributed by atoms with E-state index in [1.165, 1.54) is 18.3 Å². The Labute approximate surface area is 146 Å². The number of benzene rings is 1. The number of nitrogens with zero attached hydrogens (tertiary/aromatic N) is 1. The zero-order valence-electron chi connectivity index (χ0n) is 13.4. The van der Waals surface area contributed by atoms with Crippen molar-refractivity contribution in [1.29, 1.82) is 0 Å². The largest absolute Gasteiger partial charge is 0.402 e. The predicted octanol–water partition coefficient (Wildman–Crippen LogP) is 3.30. The van der Waals surface area contributed by atoms with Crippen molar-refractivity contribution in [2.75, 3.05) is 0 Å². The molecule has 134 valence electrons. The number of alkyl halides is 3. The monoisotopic (exact) mass is 373 g/mol. The van der Waals surface area contributed by atoms with E-state index in [0.717, 1.165) is 13.8 Å². The maximum Gasteiger partial charge on any atom is 0.402 e. The van der Waals surface area contributed by atoms with Gasteiger partial charge in [0.05, 0.1) is 5.02 Å². The third-order valence-electron chi connectivity index (χ3n) is 3.69. The van der Waals surface area contributed by atoms with Crippen LogP contribution in [0.3, 0.4) is 0 Å². The highest BCUT2D eigenvalue weighted by molar-refractivity contribution is 6.33. The highest BCUT2D eigenvalue weighted by Gasteiger charge is 2.52. The van der Waals surface area contributed by atoms with Crippen LogP contribution in [0.25, 0.3) is 11.4 Å². The Morgan fingerprint density at radius 3 is 2.56 bits per heavy atom. The summed E-state index contributed by atoms with van der Waals surface area (Å²) in [5.74, 6) is -0.913. The topological polar surface area (TPSA) is 74.8 Å². The van der Waals surface area contributed by atoms with E-state index in [0.29, 0.717) is 16.1 Å². The highest BCUT2D eigenvalue weighted by Crippen LogP contribution is 2.37. The van der Waals surface area contributed by atoms with Crippen molar-refractivity contribution in [3.05, 3.63) is 51.4 Å². The Kier molecular flexibility index (Phi) is 5.22. The lowest BCUT2D eigenvalue weighted by molar-refractivity contribution is -0.211. The molecule has 0 fully saturated rings. The Morgan fingerprint density at radius 2 is 1.96 bits per heavy atom. The van der Waals surface area contributed by atoms with Crippen LogP contribution in [0.5, 0.6) is 0 Å². The number of aromatic nitrogens is 2. The second-order valence-electron chi connectivity index (χ2n) is 5.90. The molecule has 2 rings (SSSR count). The first-order valence-electron chi connectivity index (χ1n) is 7.21. The summed E-state index contributed by atoms with van der Waals surface area (Å²) in [5, 5.41) is 2.57. The van der Waals surface area contributed by atoms with Crippen LogP contribution in [0.15, 0.2) is 35.3 Å². The lowest BCUT2D eigenvalue weighted by atomic mass is 9.91. The van der Waals surface area contributed by atoms with Gasteiger partial charge in [-0.15, -0.1) is 0 Å². The van der Waals surface area contributed by atoms with Gasteiger partial charge in [0.25, 0.3) is 5.56 Å². The Morgan fingerprint density at radius 1 is 1.28 bits per heavy atom. The normalized spacial score (nSPS) is 12.1. The molecule has 1 aromatic carbocycles. The molecule has 1 heterocycles. The van der Waals surface area contributed by atoms with Crippen LogP contribution in [-0.4, -0.2) is 22.1 Å². The molecule has 0 saturated heterocycles. The van der Waals surface area contributed by atoms with Crippen molar-refractivity contribution in [1.82, 2.24) is 15.3 Å². The summed E-state index contributed by atoms with van der Waals surface area (Å²) < 4.78 is 38.6. The molecular formula is C16H15ClF3N3O2. The Bertz CT molecular complexity index is 847. The first-order valence-corrected chi connectivity index (χ1v) is 7.59. The number of amides is 1. The number of halogens is 4. The minimum Gasteiger partial charge on any atom is -0.351 e. The molecule has 0 saturated carbocycles. The summed E-state index contributed by atoms with van der Waals surface area (Å²) in [6.07, 6.45) is -3.35. The second-order valence-corrected chi connectivity index (χ2v) is 6.31. The third kappa shape index (κ3) is 4.19. The number of hydrogen-bond donors (Lipinski definition) is 2. The number of carbonyl (C=O) groups is 1. The van der Waals surface area contributed by atoms with Gasteiger partial charge in [-0.05, 0) is 31.5 Å². The fourth-order valence-corrected chi connectivity index (χ4v) is 2.11. The number of aromatic amines is 1. The van der Waals surface area contributed by atoms with Crippen molar-refractivity contribution in [2.45, 2.75) is 26.6 Å². The van der Waals surface area contributed by atoms with Gasteiger partial charge in [-0.2, -0.15) is 13.2 Å². The number of nitrogens with one attached hydrogen (secondary N) is 2. The van der Waals surface area contributed by atoms with Gasteiger partial charge < -0.3 is 10.3 Å². The van der Waals surface area contributed by atoms with Gasteiger partial charge in [-0.3, -0.25) is 9.59 Å². The van der Waals surface area contributed by atoms with Crippen LogP contribution in [-0.2, 0) is 11.3 Å². The van der Waals surface area contributed by atoms with Gasteiger partial charge in [0.1, 0.15) is 11.2 Å². The Balaban J connectivity index is 2.21. The van der Waals surface area contributed by atoms with E-state index in [1.54, 1.807) is 12.1 Å². The smallest absolute Gasteiger partial charge is 0.351 e. The van der Waals surface area contributed by atoms with Crippen molar-refractivity contribution in [2.24, 2.45) is 5.41 Å². The summed E-state index contributed by atoms with van der Waals surface area (Å²) in [5.41, 5.74) is -1.96. The molecule has 25 heavy (non-hydrogen) atoms. The number of H-pyrrole nitrogens is 1. The maximum absolute atomic E-state index is 12.9. The fraction of sp³-hybridized carbons (Fsp3) is 0.312. The van der Waals surface area contributed by atoms with E-state index in [9.17, 15) is 22.8 Å². The molecule has 2 N–H and O–H groups in total. The molecule has 2 aromatic rings. The summed E-state index contributed by atoms with van der Waals surface area (Å²) in [6, 6.07) is 5.86. The average molecular weight is 374 g/mol. The minimum atomic E-state index is -4.66. The second kappa shape index (κ2) is 6.87. The molecule has 0 bridgehead atoms. The van der Waals surface area contributed by atoms with Gasteiger partial charge in [-0.25, -0.2) is 4.98 Å². The van der Waals surface area contributed by atoms with Crippen LogP contribution < -0.4 is 10.9 Å². The molecular weight excluding hydrogens is 359 g/mol. The lowest BCUT2D eigenvalue weighted by Crippen LogP contribution is -2.46. The molecule has 0 aliphatic carbocycles. The molecule has 0 atom stereocenters. The van der Waals surface area contributed by atoms with Gasteiger partial charge in [0.15, 0.2) is 0 Å². The Hall–Kier alpha value is -2.35. The van der Waals surface area contributed by atoms with Gasteiger partial charge in [0, 0.05) is 24.4 Å². The summed E-state index contributed by atoms with van der Waals surface area (Å²) >= 11 is 6.08. The van der Waals surface area contributed by atoms with Crippen LogP contribution >= 0.6 is 11.6 Å². The molecule has 0 aliphatic rings. The first-order chi connectivity index (χ1) is 11.5. The zero-order chi connectivity index (χ0) is 18.8. The summed E-state index contributed by atoms with van der Waals surface area (Å²) in [6.45, 7) is 1.50. The van der Waals surface area contributed by atoms with Crippen LogP contribution in [0.1, 0.15) is 19.4 Å². The zero-order valence-corrected chi connectivity index (χ0v) is 14.1. The predicted molar refractivity (Wildman–Crippen MR) is 87.0 cm³/mol. The van der Waals surface area contributed by atoms with E-state index in [4.69, 9.17) is 11.6 Å². The van der Waals surface area contributed by atoms with E-state index in [1.807, 2.05) is 0 Å². The van der Waals surface area contributed by atoms with E-state index in [2.05, 4.69) is 15.3 Å². The van der Waals surface area contributed by atoms with Gasteiger partial charge in [-0.1, -0.05) is 17.7 Å². The van der Waals surface area contributed by atoms with Gasteiger partial charge in [0.2, 0.25) is 5.91 Å². The molecule has 5 nitrogen and oxygen atoms in total. The summed E-state index contributed by atoms with van der Waals surface area (Å²) in [7, 11) is 0. The minimum absolute atomic E-state index is 0.125. The molecule has 9 heteroatoms. The average Bonchev–Trinajstić information content (AvgIpc) is 2.52. The standard InChI is InChI=1S/C16H15ClF3N3O2/c1-15(2,16(18,19)20)14(25)22-8-9-3-4-11(17)10(7-9)13-21-6-5-12(24)23-13/h3-7H,8H2,1-2H3,(H,22,25)(H,21,23,24). The third-order valence-corrected chi connectivity index (χ3v) is 4.02. The SMILES string of the molecule is CC(C)(C(=O)NCc1ccc(Cl)c(-c2nccc(=O)[nH]2)c1)C(F)(F)F. The van der Waals surface area contributed by atoms with Crippen molar-refractivity contribution in [3.8, 4) is 11.4 Å². The number of rotatable bonds is 4. The van der Waals surface area contributed by atoms with Crippen LogP contribution in [0.4, 0.5) is 13.2 Å². The van der Waals surface area contributed by atoms with Gasteiger partial charge >= 0.3 is 6.18 Å². The van der Waals surface area contributed by atoms with E-state index in [-0.39, 0.29) is 17.9 Å². The van der Waals surface area contributed by atoms with Crippen LogP contribution in [0, 0.1) is 5.41 Å². The van der Waals surface area contributed by atoms with Crippen LogP contribution in [0.2, 0.25) is 5.02 Å². The maximum atomic E-state index is 12.9. The van der Waals surface area contributed by atoms with Crippen molar-refractivity contribution in [3.63, 3.8) is 0 Å². The number of carbonyl (C=O) groups excluding carboxylic acids is 1. The highest BCUT2D eigenvalue weighted by atomic mass is 35.5. The van der Waals surface area contributed by atoms with E-state index < -0.39 is 17.5 Å². The van der Waals surface area contributed by atoms with Crippen molar-refractivity contribution >= 4 is 17.5 Å². The fourth-order valence-electron chi connectivity index (χ4n) is 1.90. The first kappa shape index (κ1) is 19.0. The molecule has 0 spiro atoms. The molecule has 1 aromatic heterocycles. The molecule has 0 unspecified atom stereocenters. The molecule has 0 radical (unpaired) electrons.